The molecule has 2 aromatic rings. The molecule has 1 aliphatic heterocycles. The molecule has 0 aliphatic carbocycles. The van der Waals surface area contributed by atoms with Crippen LogP contribution in [0.25, 0.3) is 0 Å². The lowest BCUT2D eigenvalue weighted by Crippen LogP contribution is -2.49. The first-order valence-corrected chi connectivity index (χ1v) is 10.9. The zero-order chi connectivity index (χ0) is 22.8. The summed E-state index contributed by atoms with van der Waals surface area (Å²) < 4.78 is 6.64. The highest BCUT2D eigenvalue weighted by molar-refractivity contribution is 7.09. The van der Waals surface area contributed by atoms with Crippen LogP contribution in [0.2, 0.25) is 0 Å². The molecule has 1 unspecified atom stereocenters. The molecule has 2 N–H and O–H groups in total. The van der Waals surface area contributed by atoms with Gasteiger partial charge in [0.15, 0.2) is 0 Å². The molecule has 1 atom stereocenters. The minimum Gasteiger partial charge on any atom is -0.478 e. The fourth-order valence-electron chi connectivity index (χ4n) is 3.72. The fourth-order valence-corrected chi connectivity index (χ4v) is 4.52. The van der Waals surface area contributed by atoms with Crippen molar-refractivity contribution in [3.8, 4) is 0 Å². The van der Waals surface area contributed by atoms with Crippen molar-refractivity contribution < 1.29 is 24.5 Å². The summed E-state index contributed by atoms with van der Waals surface area (Å²) >= 11 is 1.28. The average Bonchev–Trinajstić information content (AvgIpc) is 3.24. The van der Waals surface area contributed by atoms with Crippen molar-refractivity contribution in [1.82, 2.24) is 14.5 Å². The minimum atomic E-state index is -1.48. The second-order valence-electron chi connectivity index (χ2n) is 8.69. The van der Waals surface area contributed by atoms with Gasteiger partial charge in [-0.05, 0) is 45.6 Å². The summed E-state index contributed by atoms with van der Waals surface area (Å²) in [4.78, 5) is 42.0. The second-order valence-corrected chi connectivity index (χ2v) is 9.59. The molecule has 10 heteroatoms. The van der Waals surface area contributed by atoms with E-state index in [4.69, 9.17) is 4.74 Å². The first kappa shape index (κ1) is 23.0. The number of thiazole rings is 1. The lowest BCUT2D eigenvalue weighted by molar-refractivity contribution is -0.0645. The number of hydrogen-bond donors (Lipinski definition) is 2. The monoisotopic (exact) mass is 449 g/mol. The van der Waals surface area contributed by atoms with Crippen LogP contribution in [0.4, 0.5) is 4.79 Å². The van der Waals surface area contributed by atoms with Crippen molar-refractivity contribution in [2.24, 2.45) is 5.92 Å². The molecule has 0 spiro atoms. The summed E-state index contributed by atoms with van der Waals surface area (Å²) in [6.45, 7) is 6.09. The zero-order valence-electron chi connectivity index (χ0n) is 17.8. The third-order valence-electron chi connectivity index (χ3n) is 5.27. The van der Waals surface area contributed by atoms with Crippen molar-refractivity contribution in [3.05, 3.63) is 50.8 Å². The van der Waals surface area contributed by atoms with Gasteiger partial charge >= 0.3 is 12.1 Å². The van der Waals surface area contributed by atoms with Gasteiger partial charge in [-0.15, -0.1) is 11.3 Å². The van der Waals surface area contributed by atoms with Crippen LogP contribution < -0.4 is 5.56 Å². The van der Waals surface area contributed by atoms with Crippen molar-refractivity contribution in [2.45, 2.75) is 51.4 Å². The number of carbonyl (C=O) groups excluding carboxylic acids is 1. The SMILES string of the molecule is CC(C)(C)OC(=O)N1CCC(C(O)(Cn2cc(C(=O)O)ccc2=O)c2nccs2)CC1. The van der Waals surface area contributed by atoms with Gasteiger partial charge in [-0.1, -0.05) is 0 Å². The van der Waals surface area contributed by atoms with Gasteiger partial charge in [0.25, 0.3) is 5.56 Å². The van der Waals surface area contributed by atoms with Gasteiger partial charge in [0.05, 0.1) is 12.1 Å². The van der Waals surface area contributed by atoms with Crippen LogP contribution in [0.3, 0.4) is 0 Å². The van der Waals surface area contributed by atoms with E-state index < -0.39 is 28.8 Å². The average molecular weight is 450 g/mol. The lowest BCUT2D eigenvalue weighted by Gasteiger charge is -2.40. The zero-order valence-corrected chi connectivity index (χ0v) is 18.6. The Morgan fingerprint density at radius 3 is 2.48 bits per heavy atom. The largest absolute Gasteiger partial charge is 0.478 e. The van der Waals surface area contributed by atoms with Crippen LogP contribution in [-0.2, 0) is 16.9 Å². The molecule has 0 bridgehead atoms. The topological polar surface area (TPSA) is 122 Å². The first-order valence-electron chi connectivity index (χ1n) is 10.0. The van der Waals surface area contributed by atoms with Crippen molar-refractivity contribution >= 4 is 23.4 Å². The Balaban J connectivity index is 1.83. The van der Waals surface area contributed by atoms with Crippen LogP contribution in [0.15, 0.2) is 34.7 Å². The van der Waals surface area contributed by atoms with Gasteiger partial charge in [0.2, 0.25) is 0 Å². The van der Waals surface area contributed by atoms with E-state index in [1.54, 1.807) is 16.5 Å². The number of piperidine rings is 1. The Labute approximate surface area is 183 Å². The number of amides is 1. The molecule has 1 aliphatic rings. The van der Waals surface area contributed by atoms with Crippen molar-refractivity contribution in [3.63, 3.8) is 0 Å². The van der Waals surface area contributed by atoms with E-state index >= 15 is 0 Å². The summed E-state index contributed by atoms with van der Waals surface area (Å²) in [6, 6.07) is 2.42. The molecule has 2 aromatic heterocycles. The first-order chi connectivity index (χ1) is 14.5. The van der Waals surface area contributed by atoms with Crippen LogP contribution in [0.1, 0.15) is 49.0 Å². The van der Waals surface area contributed by atoms with Crippen molar-refractivity contribution in [1.29, 1.82) is 0 Å². The van der Waals surface area contributed by atoms with Gasteiger partial charge in [-0.25, -0.2) is 14.6 Å². The van der Waals surface area contributed by atoms with E-state index in [1.807, 2.05) is 20.8 Å². The molecule has 0 saturated carbocycles. The molecule has 168 valence electrons. The van der Waals surface area contributed by atoms with Crippen LogP contribution >= 0.6 is 11.3 Å². The highest BCUT2D eigenvalue weighted by Gasteiger charge is 2.43. The van der Waals surface area contributed by atoms with Crippen LogP contribution in [0.5, 0.6) is 0 Å². The van der Waals surface area contributed by atoms with E-state index in [0.717, 1.165) is 0 Å². The standard InChI is InChI=1S/C21H27N3O6S/c1-20(2,3)30-19(28)23-9-6-15(7-10-23)21(29,18-22-8-11-31-18)13-24-12-14(17(26)27)4-5-16(24)25/h4-5,8,11-12,15,29H,6-7,9-10,13H2,1-3H3,(H,26,27). The Morgan fingerprint density at radius 1 is 1.26 bits per heavy atom. The summed E-state index contributed by atoms with van der Waals surface area (Å²) in [7, 11) is 0. The van der Waals surface area contributed by atoms with E-state index in [9.17, 15) is 24.6 Å². The third-order valence-corrected chi connectivity index (χ3v) is 6.21. The summed E-state index contributed by atoms with van der Waals surface area (Å²) in [5, 5.41) is 23.2. The van der Waals surface area contributed by atoms with E-state index in [0.29, 0.717) is 30.9 Å². The number of hydrogen-bond acceptors (Lipinski definition) is 7. The van der Waals surface area contributed by atoms with Gasteiger partial charge in [0, 0.05) is 36.9 Å². The number of likely N-dealkylation sites (tertiary alicyclic amines) is 1. The molecule has 1 amide bonds. The highest BCUT2D eigenvalue weighted by atomic mass is 32.1. The van der Waals surface area contributed by atoms with Crippen molar-refractivity contribution in [2.75, 3.05) is 13.1 Å². The van der Waals surface area contributed by atoms with E-state index in [1.165, 1.54) is 34.2 Å². The fraction of sp³-hybridized carbons (Fsp3) is 0.524. The number of carbonyl (C=O) groups is 2. The van der Waals surface area contributed by atoms with Crippen LogP contribution in [0, 0.1) is 5.92 Å². The van der Waals surface area contributed by atoms with Gasteiger partial charge < -0.3 is 24.4 Å². The number of carboxylic acids is 1. The smallest absolute Gasteiger partial charge is 0.410 e. The Kier molecular flexibility index (Phi) is 6.51. The second kappa shape index (κ2) is 8.80. The molecular weight excluding hydrogens is 422 g/mol. The molecule has 3 heterocycles. The van der Waals surface area contributed by atoms with E-state index in [2.05, 4.69) is 4.98 Å². The number of aromatic nitrogens is 2. The molecule has 3 rings (SSSR count). The number of ether oxygens (including phenoxy) is 1. The molecule has 31 heavy (non-hydrogen) atoms. The number of nitrogens with zero attached hydrogens (tertiary/aromatic N) is 3. The highest BCUT2D eigenvalue weighted by Crippen LogP contribution is 2.39. The number of rotatable bonds is 5. The minimum absolute atomic E-state index is 0.0409. The Hall–Kier alpha value is -2.72. The Bertz CT molecular complexity index is 989. The van der Waals surface area contributed by atoms with Gasteiger partial charge in [-0.3, -0.25) is 4.79 Å². The Morgan fingerprint density at radius 2 is 1.94 bits per heavy atom. The molecule has 9 nitrogen and oxygen atoms in total. The maximum absolute atomic E-state index is 12.4. The third kappa shape index (κ3) is 5.31. The molecular formula is C21H27N3O6S. The van der Waals surface area contributed by atoms with Gasteiger partial charge in [0.1, 0.15) is 16.2 Å². The molecule has 0 aromatic carbocycles. The lowest BCUT2D eigenvalue weighted by atomic mass is 9.80. The number of aromatic carboxylic acids is 1. The molecule has 0 radical (unpaired) electrons. The summed E-state index contributed by atoms with van der Waals surface area (Å²) in [5.41, 5.74) is -2.52. The van der Waals surface area contributed by atoms with E-state index in [-0.39, 0.29) is 18.0 Å². The maximum atomic E-state index is 12.4. The summed E-state index contributed by atoms with van der Waals surface area (Å²) in [6.07, 6.45) is 3.40. The van der Waals surface area contributed by atoms with Gasteiger partial charge in [-0.2, -0.15) is 0 Å². The molecule has 1 saturated heterocycles. The number of carboxylic acid groups (broad SMARTS) is 1. The number of aliphatic hydroxyl groups is 1. The quantitative estimate of drug-likeness (QED) is 0.719. The summed E-state index contributed by atoms with van der Waals surface area (Å²) in [5.74, 6) is -1.44. The number of pyridine rings is 1. The normalized spacial score (nSPS) is 17.2. The predicted molar refractivity (Wildman–Crippen MR) is 114 cm³/mol. The predicted octanol–water partition coefficient (Wildman–Crippen LogP) is 2.54. The van der Waals surface area contributed by atoms with Crippen LogP contribution in [-0.4, -0.2) is 55.4 Å². The maximum Gasteiger partial charge on any atom is 0.410 e. The molecule has 1 fully saturated rings.